The average molecular weight is 318 g/mol. The summed E-state index contributed by atoms with van der Waals surface area (Å²) in [7, 11) is 3.30. The minimum atomic E-state index is -0.508. The molecule has 0 aliphatic heterocycles. The Hall–Kier alpha value is -1.37. The SMILES string of the molecule is CN(C(=O)c1cc([N+](=O)[O-])cn1C)C(C)(C)CBr. The summed E-state index contributed by atoms with van der Waals surface area (Å²) >= 11 is 3.35. The van der Waals surface area contributed by atoms with Crippen LogP contribution in [0.3, 0.4) is 0 Å². The number of aromatic nitrogens is 1. The number of nitro groups is 1. The van der Waals surface area contributed by atoms with Crippen LogP contribution >= 0.6 is 15.9 Å². The molecule has 0 N–H and O–H groups in total. The van der Waals surface area contributed by atoms with Gasteiger partial charge in [-0.2, -0.15) is 0 Å². The molecule has 1 aromatic heterocycles. The lowest BCUT2D eigenvalue weighted by atomic mass is 10.1. The van der Waals surface area contributed by atoms with Gasteiger partial charge in [-0.1, -0.05) is 15.9 Å². The molecular formula is C11H16BrN3O3. The lowest BCUT2D eigenvalue weighted by Gasteiger charge is -2.34. The van der Waals surface area contributed by atoms with Gasteiger partial charge in [-0.3, -0.25) is 14.9 Å². The molecule has 0 atom stereocenters. The predicted octanol–water partition coefficient (Wildman–Crippen LogP) is 2.18. The van der Waals surface area contributed by atoms with Crippen molar-refractivity contribution in [1.82, 2.24) is 9.47 Å². The fraction of sp³-hybridized carbons (Fsp3) is 0.545. The van der Waals surface area contributed by atoms with Gasteiger partial charge in [0.15, 0.2) is 0 Å². The summed E-state index contributed by atoms with van der Waals surface area (Å²) < 4.78 is 1.47. The molecule has 6 nitrogen and oxygen atoms in total. The molecule has 1 amide bonds. The summed E-state index contributed by atoms with van der Waals surface area (Å²) in [6.45, 7) is 3.83. The number of hydrogen-bond donors (Lipinski definition) is 0. The lowest BCUT2D eigenvalue weighted by Crippen LogP contribution is -2.46. The molecule has 0 saturated heterocycles. The minimum Gasteiger partial charge on any atom is -0.340 e. The molecule has 0 spiro atoms. The molecule has 0 aromatic carbocycles. The van der Waals surface area contributed by atoms with Crippen LogP contribution in [0, 0.1) is 10.1 Å². The number of halogens is 1. The fourth-order valence-corrected chi connectivity index (χ4v) is 1.77. The standard InChI is InChI=1S/C11H16BrN3O3/c1-11(2,7-12)14(4)10(16)9-5-8(15(17)18)6-13(9)3/h5-6H,7H2,1-4H3. The maximum absolute atomic E-state index is 12.3. The van der Waals surface area contributed by atoms with E-state index in [0.717, 1.165) is 0 Å². The van der Waals surface area contributed by atoms with Gasteiger partial charge in [0.25, 0.3) is 11.6 Å². The lowest BCUT2D eigenvalue weighted by molar-refractivity contribution is -0.384. The van der Waals surface area contributed by atoms with Gasteiger partial charge in [0, 0.05) is 31.0 Å². The Morgan fingerprint density at radius 1 is 1.61 bits per heavy atom. The van der Waals surface area contributed by atoms with Gasteiger partial charge < -0.3 is 9.47 Å². The van der Waals surface area contributed by atoms with E-state index in [2.05, 4.69) is 15.9 Å². The third kappa shape index (κ3) is 2.72. The maximum atomic E-state index is 12.3. The van der Waals surface area contributed by atoms with E-state index in [1.54, 1.807) is 19.0 Å². The van der Waals surface area contributed by atoms with Crippen molar-refractivity contribution in [1.29, 1.82) is 0 Å². The Bertz CT molecular complexity index is 482. The molecule has 0 unspecified atom stereocenters. The van der Waals surface area contributed by atoms with Gasteiger partial charge in [0.2, 0.25) is 0 Å². The van der Waals surface area contributed by atoms with Crippen molar-refractivity contribution >= 4 is 27.5 Å². The van der Waals surface area contributed by atoms with Crippen molar-refractivity contribution in [2.24, 2.45) is 7.05 Å². The van der Waals surface area contributed by atoms with Crippen molar-refractivity contribution in [2.75, 3.05) is 12.4 Å². The largest absolute Gasteiger partial charge is 0.340 e. The molecular weight excluding hydrogens is 302 g/mol. The van der Waals surface area contributed by atoms with Crippen LogP contribution in [0.2, 0.25) is 0 Å². The van der Waals surface area contributed by atoms with Crippen LogP contribution in [0.25, 0.3) is 0 Å². The normalized spacial score (nSPS) is 11.4. The third-order valence-corrected chi connectivity index (χ3v) is 4.33. The number of rotatable bonds is 4. The molecule has 0 bridgehead atoms. The van der Waals surface area contributed by atoms with Gasteiger partial charge in [-0.05, 0) is 13.8 Å². The number of aryl methyl sites for hydroxylation is 1. The van der Waals surface area contributed by atoms with E-state index in [0.29, 0.717) is 11.0 Å². The van der Waals surface area contributed by atoms with Gasteiger partial charge >= 0.3 is 0 Å². The first-order valence-corrected chi connectivity index (χ1v) is 6.47. The molecule has 7 heteroatoms. The van der Waals surface area contributed by atoms with Crippen LogP contribution in [-0.2, 0) is 7.05 Å². The monoisotopic (exact) mass is 317 g/mol. The van der Waals surface area contributed by atoms with Crippen LogP contribution in [0.1, 0.15) is 24.3 Å². The second-order valence-corrected chi connectivity index (χ2v) is 5.32. The zero-order valence-corrected chi connectivity index (χ0v) is 12.4. The highest BCUT2D eigenvalue weighted by Gasteiger charge is 2.29. The summed E-state index contributed by atoms with van der Waals surface area (Å²) in [4.78, 5) is 24.0. The van der Waals surface area contributed by atoms with Crippen molar-refractivity contribution in [3.8, 4) is 0 Å². The highest BCUT2D eigenvalue weighted by Crippen LogP contribution is 2.21. The summed E-state index contributed by atoms with van der Waals surface area (Å²) in [5, 5.41) is 11.3. The van der Waals surface area contributed by atoms with Gasteiger partial charge in [0.1, 0.15) is 5.69 Å². The number of nitrogens with zero attached hydrogens (tertiary/aromatic N) is 3. The molecule has 0 fully saturated rings. The highest BCUT2D eigenvalue weighted by molar-refractivity contribution is 9.09. The molecule has 100 valence electrons. The molecule has 1 aromatic rings. The quantitative estimate of drug-likeness (QED) is 0.485. The van der Waals surface area contributed by atoms with E-state index in [1.165, 1.54) is 16.8 Å². The Morgan fingerprint density at radius 2 is 2.17 bits per heavy atom. The number of alkyl halides is 1. The molecule has 1 heterocycles. The second kappa shape index (κ2) is 5.09. The van der Waals surface area contributed by atoms with Crippen LogP contribution in [-0.4, -0.2) is 38.2 Å². The Morgan fingerprint density at radius 3 is 2.56 bits per heavy atom. The summed E-state index contributed by atoms with van der Waals surface area (Å²) in [6.07, 6.45) is 1.34. The van der Waals surface area contributed by atoms with E-state index in [-0.39, 0.29) is 17.1 Å². The maximum Gasteiger partial charge on any atom is 0.287 e. The minimum absolute atomic E-state index is 0.0779. The van der Waals surface area contributed by atoms with Crippen LogP contribution in [0.4, 0.5) is 5.69 Å². The van der Waals surface area contributed by atoms with Crippen LogP contribution < -0.4 is 0 Å². The molecule has 0 aliphatic rings. The molecule has 0 radical (unpaired) electrons. The van der Waals surface area contributed by atoms with E-state index in [4.69, 9.17) is 0 Å². The number of amides is 1. The Balaban J connectivity index is 3.08. The molecule has 1 rings (SSSR count). The topological polar surface area (TPSA) is 68.4 Å². The smallest absolute Gasteiger partial charge is 0.287 e. The zero-order chi connectivity index (χ0) is 14.1. The Labute approximate surface area is 114 Å². The van der Waals surface area contributed by atoms with Crippen molar-refractivity contribution in [3.63, 3.8) is 0 Å². The summed E-state index contributed by atoms with van der Waals surface area (Å²) in [5.41, 5.74) is -0.139. The fourth-order valence-electron chi connectivity index (χ4n) is 1.40. The first-order valence-electron chi connectivity index (χ1n) is 5.35. The van der Waals surface area contributed by atoms with Crippen molar-refractivity contribution in [2.45, 2.75) is 19.4 Å². The van der Waals surface area contributed by atoms with Gasteiger partial charge in [-0.25, -0.2) is 0 Å². The van der Waals surface area contributed by atoms with Gasteiger partial charge in [0.05, 0.1) is 11.1 Å². The van der Waals surface area contributed by atoms with E-state index < -0.39 is 4.92 Å². The Kier molecular flexibility index (Phi) is 4.16. The van der Waals surface area contributed by atoms with Crippen LogP contribution in [0.15, 0.2) is 12.3 Å². The number of carbonyl (C=O) groups excluding carboxylic acids is 1. The number of hydrogen-bond acceptors (Lipinski definition) is 3. The predicted molar refractivity (Wildman–Crippen MR) is 72.0 cm³/mol. The van der Waals surface area contributed by atoms with Crippen LogP contribution in [0.5, 0.6) is 0 Å². The number of carbonyl (C=O) groups is 1. The second-order valence-electron chi connectivity index (χ2n) is 4.76. The van der Waals surface area contributed by atoms with E-state index >= 15 is 0 Å². The molecule has 0 saturated carbocycles. The highest BCUT2D eigenvalue weighted by atomic mass is 79.9. The van der Waals surface area contributed by atoms with E-state index in [9.17, 15) is 14.9 Å². The van der Waals surface area contributed by atoms with Crippen molar-refractivity contribution < 1.29 is 9.72 Å². The zero-order valence-electron chi connectivity index (χ0n) is 10.8. The van der Waals surface area contributed by atoms with Gasteiger partial charge in [-0.15, -0.1) is 0 Å². The van der Waals surface area contributed by atoms with E-state index in [1.807, 2.05) is 13.8 Å². The molecule has 18 heavy (non-hydrogen) atoms. The molecule has 0 aliphatic carbocycles. The average Bonchev–Trinajstić information content (AvgIpc) is 2.69. The summed E-state index contributed by atoms with van der Waals surface area (Å²) in [5.74, 6) is -0.241. The third-order valence-electron chi connectivity index (χ3n) is 2.96. The van der Waals surface area contributed by atoms with Crippen molar-refractivity contribution in [3.05, 3.63) is 28.1 Å². The first kappa shape index (κ1) is 14.7. The first-order chi connectivity index (χ1) is 8.20. The summed E-state index contributed by atoms with van der Waals surface area (Å²) in [6, 6.07) is 1.29.